The second-order valence-corrected chi connectivity index (χ2v) is 14.3. The summed E-state index contributed by atoms with van der Waals surface area (Å²) in [5, 5.41) is 18.1. The van der Waals surface area contributed by atoms with Gasteiger partial charge in [-0.25, -0.2) is 38.4 Å². The van der Waals surface area contributed by atoms with E-state index in [1.165, 1.54) is 27.8 Å². The Morgan fingerprint density at radius 2 is 1.36 bits per heavy atom. The molecule has 7 heterocycles. The Morgan fingerprint density at radius 1 is 0.759 bits per heavy atom. The van der Waals surface area contributed by atoms with E-state index in [1.54, 1.807) is 76.4 Å². The van der Waals surface area contributed by atoms with Crippen LogP contribution < -0.4 is 16.4 Å². The molecule has 7 aromatic rings. The smallest absolute Gasteiger partial charge is 0.360 e. The number of halogens is 2. The van der Waals surface area contributed by atoms with Crippen LogP contribution in [0, 0.1) is 18.2 Å². The molecule has 0 bridgehead atoms. The largest absolute Gasteiger partial charge is 0.395 e. The summed E-state index contributed by atoms with van der Waals surface area (Å²) in [6.07, 6.45) is 2.96. The van der Waals surface area contributed by atoms with Gasteiger partial charge < -0.3 is 25.7 Å². The molecule has 290 valence electrons. The maximum atomic E-state index is 14.2. The van der Waals surface area contributed by atoms with Gasteiger partial charge in [0.15, 0.2) is 11.5 Å². The van der Waals surface area contributed by atoms with Gasteiger partial charge in [0.25, 0.3) is 5.82 Å². The summed E-state index contributed by atoms with van der Waals surface area (Å²) < 4.78 is 35.8. The molecule has 0 saturated carbocycles. The molecule has 0 spiro atoms. The molecule has 4 N–H and O–H groups in total. The van der Waals surface area contributed by atoms with Crippen molar-refractivity contribution in [2.75, 3.05) is 16.4 Å². The Kier molecular flexibility index (Phi) is 8.98. The number of fused-ring (bicyclic) bond motifs is 2. The summed E-state index contributed by atoms with van der Waals surface area (Å²) in [5.74, 6) is 0.717. The summed E-state index contributed by atoms with van der Waals surface area (Å²) in [6.45, 7) is 14.5. The molecule has 0 saturated heterocycles. The van der Waals surface area contributed by atoms with E-state index in [9.17, 15) is 18.4 Å². The highest BCUT2D eigenvalue weighted by atomic mass is 19.1. The maximum absolute atomic E-state index is 14.2. The van der Waals surface area contributed by atoms with Crippen molar-refractivity contribution >= 4 is 35.2 Å². The fourth-order valence-corrected chi connectivity index (χ4v) is 6.35. The van der Waals surface area contributed by atoms with Crippen LogP contribution in [0.3, 0.4) is 0 Å². The number of nitrogens with one attached hydrogen (secondary N) is 2. The Labute approximate surface area is 327 Å². The van der Waals surface area contributed by atoms with Gasteiger partial charge in [-0.2, -0.15) is 4.68 Å². The van der Waals surface area contributed by atoms with E-state index in [4.69, 9.17) is 16.8 Å². The van der Waals surface area contributed by atoms with E-state index in [2.05, 4.69) is 60.7 Å². The zero-order valence-electron chi connectivity index (χ0n) is 31.2. The first-order valence-electron chi connectivity index (χ1n) is 17.6. The quantitative estimate of drug-likeness (QED) is 0.179. The highest BCUT2D eigenvalue weighted by Crippen LogP contribution is 2.40. The van der Waals surface area contributed by atoms with Crippen molar-refractivity contribution in [1.82, 2.24) is 54.6 Å². The first-order valence-corrected chi connectivity index (χ1v) is 17.6. The van der Waals surface area contributed by atoms with Crippen LogP contribution in [0.5, 0.6) is 0 Å². The molecule has 0 aliphatic carbocycles. The third-order valence-corrected chi connectivity index (χ3v) is 9.67. The molecule has 5 aromatic heterocycles. The number of hydrogen-bond acceptors (Lipinski definition) is 13. The van der Waals surface area contributed by atoms with Gasteiger partial charge in [-0.3, -0.25) is 9.59 Å². The Bertz CT molecular complexity index is 2810. The van der Waals surface area contributed by atoms with Gasteiger partial charge in [0.2, 0.25) is 29.3 Å². The SMILES string of the molecule is CC1(C)C(=O)Nc2nc(-c3nc(-c4ccon4)n(Cc4ccccc4F)n3)nc(N)c21.[C-]#[N+]c1nc(-c2ncc3c(n2)NC(=O)C3(C)C)nn1Cc1ccccc1F. The van der Waals surface area contributed by atoms with Gasteiger partial charge in [0.05, 0.1) is 22.9 Å². The average molecular weight is 784 g/mol. The molecule has 9 rings (SSSR count). The van der Waals surface area contributed by atoms with E-state index < -0.39 is 10.8 Å². The zero-order chi connectivity index (χ0) is 40.9. The Morgan fingerprint density at radius 3 is 2.02 bits per heavy atom. The zero-order valence-corrected chi connectivity index (χ0v) is 31.2. The summed E-state index contributed by atoms with van der Waals surface area (Å²) in [4.78, 5) is 53.6. The maximum Gasteiger partial charge on any atom is 0.360 e. The average Bonchev–Trinajstić information content (AvgIpc) is 4.02. The minimum atomic E-state index is -0.846. The Hall–Kier alpha value is -7.82. The molecule has 0 atom stereocenters. The number of nitrogen functional groups attached to an aromatic ring is 1. The standard InChI is InChI=1S/C20H17FN8O2.C18H14FN7O/c1-20(2)13-14(22)23-16(24-15(13)26-19(20)30)17-25-18(12-7-8-31-28-12)29(27-17)9-10-5-3-4-6-11(10)21;1-18(2)11-8-21-14(22-13(11)23-16(18)27)15-24-17(20-3)26(25-15)9-10-6-4-5-7-12(10)19/h3-8H,9H2,1-2H3,(H3,22,23,24,26,30);4-8H,9H2,1-2H3,(H,21,22,23,27). The Balaban J connectivity index is 0.000000164. The number of benzene rings is 2. The lowest BCUT2D eigenvalue weighted by molar-refractivity contribution is -0.120. The lowest BCUT2D eigenvalue weighted by atomic mass is 9.87. The molecular formula is C38H31F2N15O3. The summed E-state index contributed by atoms with van der Waals surface area (Å²) in [7, 11) is 0. The number of carbonyl (C=O) groups is 2. The van der Waals surface area contributed by atoms with Crippen LogP contribution in [0.2, 0.25) is 0 Å². The van der Waals surface area contributed by atoms with Gasteiger partial charge in [0.1, 0.15) is 41.9 Å². The number of carbonyl (C=O) groups excluding carboxylic acids is 2. The van der Waals surface area contributed by atoms with Gasteiger partial charge in [-0.1, -0.05) is 46.7 Å². The topological polar surface area (TPSA) is 228 Å². The minimum absolute atomic E-state index is 0.00159. The van der Waals surface area contributed by atoms with Gasteiger partial charge in [-0.15, -0.1) is 16.7 Å². The third-order valence-electron chi connectivity index (χ3n) is 9.67. The molecule has 18 nitrogen and oxygen atoms in total. The molecule has 58 heavy (non-hydrogen) atoms. The molecule has 2 aromatic carbocycles. The van der Waals surface area contributed by atoms with Crippen LogP contribution in [-0.2, 0) is 33.5 Å². The lowest BCUT2D eigenvalue weighted by Crippen LogP contribution is -2.27. The van der Waals surface area contributed by atoms with E-state index in [-0.39, 0.29) is 71.6 Å². The van der Waals surface area contributed by atoms with Crippen molar-refractivity contribution < 1.29 is 22.9 Å². The number of aromatic nitrogens is 11. The van der Waals surface area contributed by atoms with Crippen LogP contribution in [0.1, 0.15) is 49.9 Å². The normalized spacial score (nSPS) is 14.5. The van der Waals surface area contributed by atoms with Gasteiger partial charge in [-0.05, 0) is 39.8 Å². The number of amides is 2. The minimum Gasteiger partial charge on any atom is -0.395 e. The number of hydrogen-bond donors (Lipinski definition) is 3. The first-order chi connectivity index (χ1) is 27.7. The molecule has 0 unspecified atom stereocenters. The van der Waals surface area contributed by atoms with Crippen molar-refractivity contribution in [3.63, 3.8) is 0 Å². The van der Waals surface area contributed by atoms with Gasteiger partial charge >= 0.3 is 5.95 Å². The van der Waals surface area contributed by atoms with Crippen molar-refractivity contribution in [2.24, 2.45) is 0 Å². The van der Waals surface area contributed by atoms with Crippen LogP contribution in [0.25, 0.3) is 39.7 Å². The molecule has 2 amide bonds. The van der Waals surface area contributed by atoms with E-state index in [0.29, 0.717) is 45.4 Å². The van der Waals surface area contributed by atoms with Crippen molar-refractivity contribution in [3.8, 4) is 34.8 Å². The predicted molar refractivity (Wildman–Crippen MR) is 203 cm³/mol. The van der Waals surface area contributed by atoms with Crippen LogP contribution in [-0.4, -0.2) is 66.4 Å². The number of nitrogens with zero attached hydrogens (tertiary/aromatic N) is 12. The molecule has 2 aliphatic rings. The lowest BCUT2D eigenvalue weighted by Gasteiger charge is -2.15. The molecule has 0 radical (unpaired) electrons. The highest BCUT2D eigenvalue weighted by Gasteiger charge is 2.43. The van der Waals surface area contributed by atoms with Crippen LogP contribution in [0.15, 0.2) is 71.6 Å². The van der Waals surface area contributed by atoms with Crippen molar-refractivity contribution in [1.29, 1.82) is 0 Å². The molecule has 0 fully saturated rings. The predicted octanol–water partition coefficient (Wildman–Crippen LogP) is 5.09. The monoisotopic (exact) mass is 783 g/mol. The van der Waals surface area contributed by atoms with Gasteiger partial charge in [0, 0.05) is 29.0 Å². The number of anilines is 3. The number of nitrogens with two attached hydrogens (primary N) is 1. The summed E-state index contributed by atoms with van der Waals surface area (Å²) in [6, 6.07) is 14.3. The molecular weight excluding hydrogens is 753 g/mol. The van der Waals surface area contributed by atoms with Crippen LogP contribution >= 0.6 is 0 Å². The van der Waals surface area contributed by atoms with Crippen molar-refractivity contribution in [2.45, 2.75) is 51.6 Å². The van der Waals surface area contributed by atoms with E-state index >= 15 is 0 Å². The highest BCUT2D eigenvalue weighted by molar-refractivity contribution is 6.06. The molecule has 2 aliphatic heterocycles. The summed E-state index contributed by atoms with van der Waals surface area (Å²) >= 11 is 0. The van der Waals surface area contributed by atoms with E-state index in [0.717, 1.165) is 0 Å². The third kappa shape index (κ3) is 6.53. The van der Waals surface area contributed by atoms with Crippen LogP contribution in [0.4, 0.5) is 32.2 Å². The second kappa shape index (κ2) is 14.0. The fourth-order valence-electron chi connectivity index (χ4n) is 6.35. The second-order valence-electron chi connectivity index (χ2n) is 14.3. The van der Waals surface area contributed by atoms with Crippen molar-refractivity contribution in [3.05, 3.63) is 112 Å². The summed E-state index contributed by atoms with van der Waals surface area (Å²) in [5.41, 5.74) is 7.04. The van der Waals surface area contributed by atoms with E-state index in [1.807, 2.05) is 0 Å². The fraction of sp³-hybridized carbons (Fsp3) is 0.211. The molecule has 20 heteroatoms. The first kappa shape index (κ1) is 37.1. The number of rotatable bonds is 7.